The lowest BCUT2D eigenvalue weighted by Crippen LogP contribution is -2.60. The van der Waals surface area contributed by atoms with Crippen LogP contribution < -0.4 is 0 Å². The Morgan fingerprint density at radius 2 is 1.40 bits per heavy atom. The first kappa shape index (κ1) is 36.4. The summed E-state index contributed by atoms with van der Waals surface area (Å²) in [6.07, 6.45) is -7.71. The molecule has 2 aromatic rings. The largest absolute Gasteiger partial charge is 0.504 e. The summed E-state index contributed by atoms with van der Waals surface area (Å²) < 4.78 is 27.5. The first-order valence-electron chi connectivity index (χ1n) is 14.9. The number of aliphatic hydroxyl groups excluding tert-OH is 5. The molecule has 1 fully saturated rings. The van der Waals surface area contributed by atoms with E-state index in [2.05, 4.69) is 0 Å². The summed E-state index contributed by atoms with van der Waals surface area (Å²) in [7, 11) is 0. The summed E-state index contributed by atoms with van der Waals surface area (Å²) >= 11 is 0. The number of hydrogen-bond acceptors (Lipinski definition) is 16. The van der Waals surface area contributed by atoms with Gasteiger partial charge in [-0.15, -0.1) is 0 Å². The van der Waals surface area contributed by atoms with Crippen LogP contribution in [0.4, 0.5) is 0 Å². The Hall–Kier alpha value is -4.42. The molecule has 2 aromatic carbocycles. The molecule has 2 heterocycles. The van der Waals surface area contributed by atoms with Crippen LogP contribution in [0.2, 0.25) is 0 Å². The fraction of sp³-hybridized carbons (Fsp3) is 0.438. The first-order valence-corrected chi connectivity index (χ1v) is 14.9. The summed E-state index contributed by atoms with van der Waals surface area (Å²) in [5.74, 6) is -4.21. The van der Waals surface area contributed by atoms with Crippen molar-refractivity contribution >= 4 is 11.9 Å². The molecule has 0 spiro atoms. The van der Waals surface area contributed by atoms with E-state index in [9.17, 15) is 55.5 Å². The molecular formula is C32H38O16. The van der Waals surface area contributed by atoms with Gasteiger partial charge in [0.05, 0.1) is 44.7 Å². The maximum absolute atomic E-state index is 13.3. The van der Waals surface area contributed by atoms with Crippen LogP contribution in [-0.4, -0.2) is 121 Å². The van der Waals surface area contributed by atoms with E-state index in [4.69, 9.17) is 23.7 Å². The van der Waals surface area contributed by atoms with E-state index in [0.717, 1.165) is 6.26 Å². The molecule has 0 saturated carbocycles. The Balaban J connectivity index is 1.51. The molecule has 16 nitrogen and oxygen atoms in total. The molecule has 16 heteroatoms. The van der Waals surface area contributed by atoms with Crippen LogP contribution in [0.5, 0.6) is 23.0 Å². The zero-order valence-corrected chi connectivity index (χ0v) is 25.5. The van der Waals surface area contributed by atoms with E-state index in [0.29, 0.717) is 11.1 Å². The van der Waals surface area contributed by atoms with Gasteiger partial charge in [0, 0.05) is 24.3 Å². The quantitative estimate of drug-likeness (QED) is 0.0725. The topological polar surface area (TPSA) is 262 Å². The summed E-state index contributed by atoms with van der Waals surface area (Å²) in [6.45, 7) is -1.66. The third-order valence-corrected chi connectivity index (χ3v) is 7.77. The number of carbonyl (C=O) groups excluding carboxylic acids is 2. The molecule has 2 aliphatic rings. The Morgan fingerprint density at radius 1 is 0.792 bits per heavy atom. The standard InChI is InChI=1S/C32H38O16/c33-8-5-18-19(13-26(39)44-9-6-16-1-3-21(35)23(37)11-16)20(30(43)45-10-7-17-2-4-22(36)24(38)12-17)15-46-31(18)48-32-29(42)28(41)27(40)25(14-34)47-32/h1-5,11-12,15,19,25,27-29,31-38,40-42H,6-10,13-14H2/b18-5-/t19-,25-,27+,28-,29-,31-,32-/m0/s1. The van der Waals surface area contributed by atoms with Crippen molar-refractivity contribution in [3.8, 4) is 23.0 Å². The van der Waals surface area contributed by atoms with Gasteiger partial charge in [0.1, 0.15) is 24.4 Å². The van der Waals surface area contributed by atoms with E-state index < -0.39 is 74.5 Å². The first-order chi connectivity index (χ1) is 22.9. The highest BCUT2D eigenvalue weighted by atomic mass is 16.8. The lowest BCUT2D eigenvalue weighted by molar-refractivity contribution is -0.327. The molecule has 0 radical (unpaired) electrons. The van der Waals surface area contributed by atoms with Gasteiger partial charge in [-0.25, -0.2) is 4.79 Å². The van der Waals surface area contributed by atoms with Gasteiger partial charge in [-0.2, -0.15) is 0 Å². The highest BCUT2D eigenvalue weighted by Crippen LogP contribution is 2.36. The number of benzene rings is 2. The van der Waals surface area contributed by atoms with Gasteiger partial charge in [-0.3, -0.25) is 4.79 Å². The Kier molecular flexibility index (Phi) is 12.6. The second-order valence-electron chi connectivity index (χ2n) is 11.0. The average molecular weight is 679 g/mol. The van der Waals surface area contributed by atoms with Crippen molar-refractivity contribution in [2.75, 3.05) is 26.4 Å². The normalized spacial score (nSPS) is 26.4. The number of aliphatic hydroxyl groups is 5. The SMILES string of the molecule is O=C(C[C@@H]1C(C(=O)OCCc2ccc(O)c(O)c2)=CO[C@@H](O[C@@H]2O[C@@H](CO)[C@@H](O)[C@H](O)[C@@H]2O)/C1=C\CO)OCCc1ccc(O)c(O)c1. The molecule has 2 aliphatic heterocycles. The average Bonchev–Trinajstić information content (AvgIpc) is 3.06. The molecule has 0 bridgehead atoms. The molecule has 262 valence electrons. The molecular weight excluding hydrogens is 640 g/mol. The Bertz CT molecular complexity index is 1490. The lowest BCUT2D eigenvalue weighted by atomic mass is 9.86. The molecule has 1 saturated heterocycles. The van der Waals surface area contributed by atoms with E-state index in [1.807, 2.05) is 0 Å². The minimum atomic E-state index is -1.81. The molecule has 4 rings (SSSR count). The van der Waals surface area contributed by atoms with Gasteiger partial charge < -0.3 is 69.6 Å². The zero-order valence-electron chi connectivity index (χ0n) is 25.5. The van der Waals surface area contributed by atoms with Crippen molar-refractivity contribution in [3.05, 3.63) is 71.0 Å². The molecule has 0 unspecified atom stereocenters. The summed E-state index contributed by atoms with van der Waals surface area (Å²) in [5.41, 5.74) is 0.956. The number of phenols is 4. The number of rotatable bonds is 13. The third-order valence-electron chi connectivity index (χ3n) is 7.77. The second-order valence-corrected chi connectivity index (χ2v) is 11.0. The maximum atomic E-state index is 13.3. The van der Waals surface area contributed by atoms with Crippen molar-refractivity contribution < 1.29 is 79.2 Å². The van der Waals surface area contributed by atoms with E-state index in [1.165, 1.54) is 42.5 Å². The van der Waals surface area contributed by atoms with Crippen molar-refractivity contribution in [1.29, 1.82) is 0 Å². The maximum Gasteiger partial charge on any atom is 0.337 e. The highest BCUT2D eigenvalue weighted by Gasteiger charge is 2.47. The van der Waals surface area contributed by atoms with Gasteiger partial charge in [0.2, 0.25) is 6.29 Å². The third kappa shape index (κ3) is 8.93. The van der Waals surface area contributed by atoms with Crippen molar-refractivity contribution in [2.24, 2.45) is 5.92 Å². The zero-order chi connectivity index (χ0) is 35.0. The van der Waals surface area contributed by atoms with Crippen molar-refractivity contribution in [3.63, 3.8) is 0 Å². The van der Waals surface area contributed by atoms with E-state index in [1.54, 1.807) is 0 Å². The molecule has 0 amide bonds. The van der Waals surface area contributed by atoms with Crippen LogP contribution in [0.15, 0.2) is 59.9 Å². The smallest absolute Gasteiger partial charge is 0.337 e. The van der Waals surface area contributed by atoms with Crippen molar-refractivity contribution in [2.45, 2.75) is 56.3 Å². The van der Waals surface area contributed by atoms with Crippen LogP contribution in [0.25, 0.3) is 0 Å². The van der Waals surface area contributed by atoms with E-state index >= 15 is 0 Å². The fourth-order valence-electron chi connectivity index (χ4n) is 5.12. The van der Waals surface area contributed by atoms with Crippen LogP contribution in [0.3, 0.4) is 0 Å². The van der Waals surface area contributed by atoms with Gasteiger partial charge in [-0.1, -0.05) is 18.2 Å². The van der Waals surface area contributed by atoms with Crippen LogP contribution in [0, 0.1) is 5.92 Å². The molecule has 7 atom stereocenters. The van der Waals surface area contributed by atoms with Gasteiger partial charge in [0.25, 0.3) is 0 Å². The van der Waals surface area contributed by atoms with Crippen LogP contribution in [0.1, 0.15) is 17.5 Å². The monoisotopic (exact) mass is 678 g/mol. The Labute approximate surface area is 273 Å². The summed E-state index contributed by atoms with van der Waals surface area (Å²) in [5, 5.41) is 88.6. The van der Waals surface area contributed by atoms with E-state index in [-0.39, 0.29) is 60.2 Å². The predicted molar refractivity (Wildman–Crippen MR) is 160 cm³/mol. The van der Waals surface area contributed by atoms with Gasteiger partial charge in [-0.05, 0) is 35.4 Å². The van der Waals surface area contributed by atoms with Gasteiger partial charge >= 0.3 is 11.9 Å². The van der Waals surface area contributed by atoms with Crippen molar-refractivity contribution in [1.82, 2.24) is 0 Å². The van der Waals surface area contributed by atoms with Crippen LogP contribution in [-0.2, 0) is 46.1 Å². The van der Waals surface area contributed by atoms with Crippen LogP contribution >= 0.6 is 0 Å². The summed E-state index contributed by atoms with van der Waals surface area (Å²) in [6, 6.07) is 8.21. The highest BCUT2D eigenvalue weighted by molar-refractivity contribution is 5.91. The molecule has 48 heavy (non-hydrogen) atoms. The van der Waals surface area contributed by atoms with Gasteiger partial charge in [0.15, 0.2) is 29.3 Å². The number of hydrogen-bond donors (Lipinski definition) is 9. The second kappa shape index (κ2) is 16.6. The minimum absolute atomic E-state index is 0.0211. The number of carbonyl (C=O) groups is 2. The molecule has 0 aliphatic carbocycles. The summed E-state index contributed by atoms with van der Waals surface area (Å²) in [4.78, 5) is 26.3. The number of phenolic OH excluding ortho intramolecular Hbond substituents is 4. The fourth-order valence-corrected chi connectivity index (χ4v) is 5.12. The molecule has 9 N–H and O–H groups in total. The molecule has 0 aromatic heterocycles. The minimum Gasteiger partial charge on any atom is -0.504 e. The lowest BCUT2D eigenvalue weighted by Gasteiger charge is -2.42. The number of ether oxygens (including phenoxy) is 5. The Morgan fingerprint density at radius 3 is 1.96 bits per heavy atom. The predicted octanol–water partition coefficient (Wildman–Crippen LogP) is -0.638. The number of aromatic hydroxyl groups is 4. The number of esters is 2.